The van der Waals surface area contributed by atoms with Crippen LogP contribution < -0.4 is 0 Å². The van der Waals surface area contributed by atoms with Crippen molar-refractivity contribution in [1.29, 1.82) is 0 Å². The summed E-state index contributed by atoms with van der Waals surface area (Å²) in [6.07, 6.45) is -3.32. The van der Waals surface area contributed by atoms with E-state index < -0.39 is 11.7 Å². The second-order valence-corrected chi connectivity index (χ2v) is 4.68. The second kappa shape index (κ2) is 6.10. The molecule has 0 radical (unpaired) electrons. The van der Waals surface area contributed by atoms with Crippen LogP contribution in [0.5, 0.6) is 0 Å². The molecule has 0 aliphatic rings. The lowest BCUT2D eigenvalue weighted by molar-refractivity contribution is -0.137. The van der Waals surface area contributed by atoms with Gasteiger partial charge in [-0.15, -0.1) is 11.8 Å². The predicted molar refractivity (Wildman–Crippen MR) is 62.1 cm³/mol. The molecule has 0 saturated heterocycles. The van der Waals surface area contributed by atoms with Crippen molar-refractivity contribution in [3.8, 4) is 0 Å². The number of Topliss-reactive ketones (excluding diaryl/α,β-unsaturated/α-hetero) is 1. The van der Waals surface area contributed by atoms with Gasteiger partial charge < -0.3 is 0 Å². The molecule has 17 heavy (non-hydrogen) atoms. The molecule has 1 nitrogen and oxygen atoms in total. The molecule has 0 spiro atoms. The number of ketones is 1. The van der Waals surface area contributed by atoms with Crippen LogP contribution in [0.4, 0.5) is 13.2 Å². The third-order valence-electron chi connectivity index (χ3n) is 2.23. The Labute approximate surface area is 102 Å². The highest BCUT2D eigenvalue weighted by Gasteiger charge is 2.29. The van der Waals surface area contributed by atoms with Gasteiger partial charge in [0.1, 0.15) is 5.78 Å². The molecule has 5 heteroatoms. The molecule has 1 rings (SSSR count). The number of carbonyl (C=O) groups excluding carboxylic acids is 1. The standard InChI is InChI=1S/C12H13F3OS/c1-2-10(16)7-8-17-11-5-3-9(4-6-11)12(13,14)15/h3-6H,2,7-8H2,1H3. The maximum Gasteiger partial charge on any atom is 0.416 e. The Morgan fingerprint density at radius 3 is 2.29 bits per heavy atom. The van der Waals surface area contributed by atoms with E-state index in [0.29, 0.717) is 18.6 Å². The average Bonchev–Trinajstić information content (AvgIpc) is 2.28. The normalized spacial score (nSPS) is 11.5. The number of hydrogen-bond donors (Lipinski definition) is 0. The second-order valence-electron chi connectivity index (χ2n) is 3.51. The minimum absolute atomic E-state index is 0.171. The summed E-state index contributed by atoms with van der Waals surface area (Å²) in [5.41, 5.74) is -0.647. The van der Waals surface area contributed by atoms with Crippen molar-refractivity contribution in [3.05, 3.63) is 29.8 Å². The zero-order chi connectivity index (χ0) is 12.9. The molecule has 1 aromatic carbocycles. The quantitative estimate of drug-likeness (QED) is 0.741. The summed E-state index contributed by atoms with van der Waals surface area (Å²) in [6.45, 7) is 1.80. The van der Waals surface area contributed by atoms with Crippen LogP contribution in [0, 0.1) is 0 Å². The zero-order valence-electron chi connectivity index (χ0n) is 9.38. The Hall–Kier alpha value is -0.970. The summed E-state index contributed by atoms with van der Waals surface area (Å²) >= 11 is 1.40. The molecule has 0 amide bonds. The summed E-state index contributed by atoms with van der Waals surface area (Å²) < 4.78 is 36.8. The molecule has 0 saturated carbocycles. The fourth-order valence-electron chi connectivity index (χ4n) is 1.20. The van der Waals surface area contributed by atoms with E-state index in [1.165, 1.54) is 23.9 Å². The van der Waals surface area contributed by atoms with Crippen LogP contribution in [0.25, 0.3) is 0 Å². The van der Waals surface area contributed by atoms with Gasteiger partial charge in [0.25, 0.3) is 0 Å². The summed E-state index contributed by atoms with van der Waals surface area (Å²) in [5, 5.41) is 0. The van der Waals surface area contributed by atoms with Gasteiger partial charge in [-0.25, -0.2) is 0 Å². The monoisotopic (exact) mass is 262 g/mol. The summed E-state index contributed by atoms with van der Waals surface area (Å²) in [7, 11) is 0. The van der Waals surface area contributed by atoms with E-state index in [0.717, 1.165) is 17.0 Å². The summed E-state index contributed by atoms with van der Waals surface area (Å²) in [6, 6.07) is 4.99. The SMILES string of the molecule is CCC(=O)CCSc1ccc(C(F)(F)F)cc1. The average molecular weight is 262 g/mol. The van der Waals surface area contributed by atoms with E-state index in [2.05, 4.69) is 0 Å². The molecule has 0 fully saturated rings. The highest BCUT2D eigenvalue weighted by molar-refractivity contribution is 7.99. The summed E-state index contributed by atoms with van der Waals surface area (Å²) in [5.74, 6) is 0.780. The van der Waals surface area contributed by atoms with Crippen LogP contribution in [0.1, 0.15) is 25.3 Å². The number of alkyl halides is 3. The van der Waals surface area contributed by atoms with Gasteiger partial charge in [0.2, 0.25) is 0 Å². The van der Waals surface area contributed by atoms with Gasteiger partial charge in [-0.1, -0.05) is 6.92 Å². The molecule has 0 bridgehead atoms. The number of carbonyl (C=O) groups is 1. The summed E-state index contributed by atoms with van der Waals surface area (Å²) in [4.78, 5) is 11.8. The first-order chi connectivity index (χ1) is 7.93. The first-order valence-electron chi connectivity index (χ1n) is 5.25. The van der Waals surface area contributed by atoms with E-state index in [4.69, 9.17) is 0 Å². The van der Waals surface area contributed by atoms with E-state index in [1.54, 1.807) is 6.92 Å². The lowest BCUT2D eigenvalue weighted by Crippen LogP contribution is -2.04. The number of hydrogen-bond acceptors (Lipinski definition) is 2. The first kappa shape index (κ1) is 14.1. The molecule has 0 aliphatic heterocycles. The van der Waals surface area contributed by atoms with Crippen LogP contribution >= 0.6 is 11.8 Å². The maximum atomic E-state index is 12.3. The molecule has 0 aliphatic carbocycles. The lowest BCUT2D eigenvalue weighted by Gasteiger charge is -2.07. The number of halogens is 3. The van der Waals surface area contributed by atoms with E-state index in [1.807, 2.05) is 0 Å². The Morgan fingerprint density at radius 2 is 1.82 bits per heavy atom. The molecule has 0 N–H and O–H groups in total. The largest absolute Gasteiger partial charge is 0.416 e. The number of thioether (sulfide) groups is 1. The third-order valence-corrected chi connectivity index (χ3v) is 3.24. The predicted octanol–water partition coefficient (Wildman–Crippen LogP) is 4.17. The van der Waals surface area contributed by atoms with Crippen molar-refractivity contribution in [2.45, 2.75) is 30.8 Å². The van der Waals surface area contributed by atoms with Crippen molar-refractivity contribution in [2.75, 3.05) is 5.75 Å². The van der Waals surface area contributed by atoms with Crippen molar-refractivity contribution >= 4 is 17.5 Å². The van der Waals surface area contributed by atoms with Gasteiger partial charge in [0.05, 0.1) is 5.56 Å². The van der Waals surface area contributed by atoms with Crippen molar-refractivity contribution in [1.82, 2.24) is 0 Å². The smallest absolute Gasteiger partial charge is 0.300 e. The molecular formula is C12H13F3OS. The van der Waals surface area contributed by atoms with Crippen molar-refractivity contribution in [2.24, 2.45) is 0 Å². The molecule has 0 unspecified atom stereocenters. The molecule has 0 aromatic heterocycles. The van der Waals surface area contributed by atoms with Gasteiger partial charge >= 0.3 is 6.18 Å². The van der Waals surface area contributed by atoms with Crippen molar-refractivity contribution in [3.63, 3.8) is 0 Å². The van der Waals surface area contributed by atoms with Gasteiger partial charge in [0, 0.05) is 23.5 Å². The first-order valence-corrected chi connectivity index (χ1v) is 6.24. The van der Waals surface area contributed by atoms with Crippen LogP contribution in [-0.2, 0) is 11.0 Å². The Balaban J connectivity index is 2.49. The van der Waals surface area contributed by atoms with Gasteiger partial charge in [-0.2, -0.15) is 13.2 Å². The zero-order valence-corrected chi connectivity index (χ0v) is 10.2. The van der Waals surface area contributed by atoms with Gasteiger partial charge in [-0.05, 0) is 24.3 Å². The third kappa shape index (κ3) is 4.81. The maximum absolute atomic E-state index is 12.3. The molecule has 1 aromatic rings. The molecule has 0 atom stereocenters. The number of benzene rings is 1. The Kier molecular flexibility index (Phi) is 5.05. The fraction of sp³-hybridized carbons (Fsp3) is 0.417. The van der Waals surface area contributed by atoms with E-state index in [-0.39, 0.29) is 5.78 Å². The number of rotatable bonds is 5. The van der Waals surface area contributed by atoms with Crippen molar-refractivity contribution < 1.29 is 18.0 Å². The lowest BCUT2D eigenvalue weighted by atomic mass is 10.2. The highest BCUT2D eigenvalue weighted by atomic mass is 32.2. The highest BCUT2D eigenvalue weighted by Crippen LogP contribution is 2.30. The molecule has 0 heterocycles. The Morgan fingerprint density at radius 1 is 1.24 bits per heavy atom. The van der Waals surface area contributed by atoms with Crippen LogP contribution in [0.15, 0.2) is 29.2 Å². The fourth-order valence-corrected chi connectivity index (χ4v) is 2.09. The Bertz CT molecular complexity index is 370. The van der Waals surface area contributed by atoms with Crippen LogP contribution in [0.3, 0.4) is 0 Å². The minimum Gasteiger partial charge on any atom is -0.300 e. The van der Waals surface area contributed by atoms with Gasteiger partial charge in [-0.3, -0.25) is 4.79 Å². The topological polar surface area (TPSA) is 17.1 Å². The molecular weight excluding hydrogens is 249 g/mol. The van der Waals surface area contributed by atoms with Crippen LogP contribution in [0.2, 0.25) is 0 Å². The van der Waals surface area contributed by atoms with E-state index >= 15 is 0 Å². The van der Waals surface area contributed by atoms with Gasteiger partial charge in [0.15, 0.2) is 0 Å². The van der Waals surface area contributed by atoms with Crippen LogP contribution in [-0.4, -0.2) is 11.5 Å². The van der Waals surface area contributed by atoms with E-state index in [9.17, 15) is 18.0 Å². The minimum atomic E-state index is -4.29. The molecule has 94 valence electrons.